The molecule has 0 amide bonds. The third-order valence-corrected chi connectivity index (χ3v) is 3.36. The van der Waals surface area contributed by atoms with Gasteiger partial charge in [-0.25, -0.2) is 0 Å². The van der Waals surface area contributed by atoms with Crippen LogP contribution in [0.25, 0.3) is 0 Å². The van der Waals surface area contributed by atoms with E-state index in [9.17, 15) is 0 Å². The number of aromatic nitrogens is 2. The zero-order chi connectivity index (χ0) is 14.5. The number of para-hydroxylation sites is 1. The molecule has 0 fully saturated rings. The van der Waals surface area contributed by atoms with Gasteiger partial charge in [-0.3, -0.25) is 4.68 Å². The number of aryl methyl sites for hydroxylation is 2. The summed E-state index contributed by atoms with van der Waals surface area (Å²) in [6, 6.07) is 8.38. The van der Waals surface area contributed by atoms with Crippen molar-refractivity contribution >= 4 is 0 Å². The molecule has 4 heteroatoms. The molecule has 0 bridgehead atoms. The Morgan fingerprint density at radius 3 is 2.80 bits per heavy atom. The van der Waals surface area contributed by atoms with Crippen LogP contribution < -0.4 is 10.5 Å². The molecule has 1 heterocycles. The lowest BCUT2D eigenvalue weighted by molar-refractivity contribution is 0.312. The third kappa shape index (κ3) is 3.61. The first-order chi connectivity index (χ1) is 9.58. The van der Waals surface area contributed by atoms with E-state index in [-0.39, 0.29) is 6.04 Å². The van der Waals surface area contributed by atoms with Gasteiger partial charge in [0.15, 0.2) is 0 Å². The number of hydrogen-bond acceptors (Lipinski definition) is 3. The van der Waals surface area contributed by atoms with Crippen LogP contribution in [-0.2, 0) is 19.9 Å². The molecule has 1 aromatic heterocycles. The highest BCUT2D eigenvalue weighted by Gasteiger charge is 2.09. The number of rotatable bonds is 6. The van der Waals surface area contributed by atoms with Gasteiger partial charge in [0.25, 0.3) is 0 Å². The molecule has 0 spiro atoms. The Balaban J connectivity index is 2.03. The van der Waals surface area contributed by atoms with Crippen molar-refractivity contribution in [2.24, 2.45) is 12.8 Å². The Labute approximate surface area is 120 Å². The molecule has 0 saturated heterocycles. The average Bonchev–Trinajstić information content (AvgIpc) is 2.78. The number of nitrogens with two attached hydrogens (primary N) is 1. The monoisotopic (exact) mass is 273 g/mol. The molecule has 20 heavy (non-hydrogen) atoms. The van der Waals surface area contributed by atoms with E-state index in [4.69, 9.17) is 10.5 Å². The summed E-state index contributed by atoms with van der Waals surface area (Å²) in [5.74, 6) is 0.979. The minimum atomic E-state index is 0.135. The highest BCUT2D eigenvalue weighted by atomic mass is 16.5. The highest BCUT2D eigenvalue weighted by molar-refractivity contribution is 5.41. The van der Waals surface area contributed by atoms with Crippen LogP contribution in [0.5, 0.6) is 5.75 Å². The maximum atomic E-state index is 6.00. The van der Waals surface area contributed by atoms with E-state index < -0.39 is 0 Å². The van der Waals surface area contributed by atoms with Crippen LogP contribution in [0.3, 0.4) is 0 Å². The summed E-state index contributed by atoms with van der Waals surface area (Å²) in [6.45, 7) is 4.74. The van der Waals surface area contributed by atoms with Gasteiger partial charge < -0.3 is 10.5 Å². The Morgan fingerprint density at radius 2 is 2.15 bits per heavy atom. The molecule has 2 aromatic rings. The normalized spacial score (nSPS) is 12.4. The fourth-order valence-corrected chi connectivity index (χ4v) is 2.33. The molecule has 1 aromatic carbocycles. The molecule has 108 valence electrons. The maximum absolute atomic E-state index is 6.00. The maximum Gasteiger partial charge on any atom is 0.125 e. The Kier molecular flexibility index (Phi) is 4.79. The summed E-state index contributed by atoms with van der Waals surface area (Å²) in [5, 5.41) is 4.16. The summed E-state index contributed by atoms with van der Waals surface area (Å²) < 4.78 is 7.88. The molecule has 1 atom stereocenters. The second-order valence-corrected chi connectivity index (χ2v) is 5.29. The Bertz CT molecular complexity index is 561. The fraction of sp³-hybridized carbons (Fsp3) is 0.438. The van der Waals surface area contributed by atoms with E-state index in [1.165, 1.54) is 11.3 Å². The molecular weight excluding hydrogens is 250 g/mol. The van der Waals surface area contributed by atoms with Gasteiger partial charge in [0, 0.05) is 31.4 Å². The van der Waals surface area contributed by atoms with E-state index >= 15 is 0 Å². The lowest BCUT2D eigenvalue weighted by Crippen LogP contribution is -2.18. The minimum absolute atomic E-state index is 0.135. The topological polar surface area (TPSA) is 53.1 Å². The number of hydrogen-bond donors (Lipinski definition) is 1. The van der Waals surface area contributed by atoms with Crippen LogP contribution in [0.15, 0.2) is 30.5 Å². The third-order valence-electron chi connectivity index (χ3n) is 3.36. The smallest absolute Gasteiger partial charge is 0.125 e. The first kappa shape index (κ1) is 14.6. The Hall–Kier alpha value is -1.81. The van der Waals surface area contributed by atoms with Crippen molar-refractivity contribution < 1.29 is 4.74 Å². The van der Waals surface area contributed by atoms with Crippen LogP contribution in [0.2, 0.25) is 0 Å². The first-order valence-corrected chi connectivity index (χ1v) is 7.01. The summed E-state index contributed by atoms with van der Waals surface area (Å²) in [4.78, 5) is 0. The average molecular weight is 273 g/mol. The van der Waals surface area contributed by atoms with Gasteiger partial charge in [0.05, 0.1) is 6.61 Å². The van der Waals surface area contributed by atoms with E-state index in [2.05, 4.69) is 30.2 Å². The molecule has 0 saturated carbocycles. The molecule has 0 aliphatic carbocycles. The summed E-state index contributed by atoms with van der Waals surface area (Å²) >= 11 is 0. The summed E-state index contributed by atoms with van der Waals surface area (Å²) in [6.07, 6.45) is 3.50. The molecule has 2 rings (SSSR count). The molecule has 0 aliphatic rings. The van der Waals surface area contributed by atoms with Crippen molar-refractivity contribution in [2.45, 2.75) is 32.7 Å². The van der Waals surface area contributed by atoms with Crippen LogP contribution in [-0.4, -0.2) is 22.4 Å². The number of ether oxygens (including phenoxy) is 1. The quantitative estimate of drug-likeness (QED) is 0.878. The van der Waals surface area contributed by atoms with Gasteiger partial charge in [-0.2, -0.15) is 5.10 Å². The summed E-state index contributed by atoms with van der Waals surface area (Å²) in [5.41, 5.74) is 9.42. The number of benzene rings is 1. The SMILES string of the molecule is Cc1cccc(CC(C)N)c1OCCc1ccnn1C. The highest BCUT2D eigenvalue weighted by Crippen LogP contribution is 2.24. The van der Waals surface area contributed by atoms with Crippen molar-refractivity contribution in [3.63, 3.8) is 0 Å². The minimum Gasteiger partial charge on any atom is -0.493 e. The van der Waals surface area contributed by atoms with Crippen LogP contribution >= 0.6 is 0 Å². The fourth-order valence-electron chi connectivity index (χ4n) is 2.33. The van der Waals surface area contributed by atoms with Gasteiger partial charge in [-0.05, 0) is 37.5 Å². The van der Waals surface area contributed by atoms with Crippen molar-refractivity contribution in [1.82, 2.24) is 9.78 Å². The van der Waals surface area contributed by atoms with Crippen LogP contribution in [0.4, 0.5) is 0 Å². The Morgan fingerprint density at radius 1 is 1.35 bits per heavy atom. The molecule has 2 N–H and O–H groups in total. The first-order valence-electron chi connectivity index (χ1n) is 7.01. The lowest BCUT2D eigenvalue weighted by atomic mass is 10.0. The standard InChI is InChI=1S/C16H23N3O/c1-12-5-4-6-14(11-13(2)17)16(12)20-10-8-15-7-9-18-19(15)3/h4-7,9,13H,8,10-11,17H2,1-3H3. The van der Waals surface area contributed by atoms with Crippen molar-refractivity contribution in [2.75, 3.05) is 6.61 Å². The van der Waals surface area contributed by atoms with Crippen molar-refractivity contribution in [3.8, 4) is 5.75 Å². The largest absolute Gasteiger partial charge is 0.493 e. The lowest BCUT2D eigenvalue weighted by Gasteiger charge is -2.15. The van der Waals surface area contributed by atoms with E-state index in [1.54, 1.807) is 0 Å². The summed E-state index contributed by atoms with van der Waals surface area (Å²) in [7, 11) is 1.95. The molecule has 1 unspecified atom stereocenters. The van der Waals surface area contributed by atoms with Crippen LogP contribution in [0, 0.1) is 6.92 Å². The van der Waals surface area contributed by atoms with Gasteiger partial charge >= 0.3 is 0 Å². The molecule has 4 nitrogen and oxygen atoms in total. The van der Waals surface area contributed by atoms with Crippen molar-refractivity contribution in [3.05, 3.63) is 47.3 Å². The second kappa shape index (κ2) is 6.57. The predicted molar refractivity (Wildman–Crippen MR) is 80.9 cm³/mol. The van der Waals surface area contributed by atoms with Gasteiger partial charge in [-0.1, -0.05) is 18.2 Å². The predicted octanol–water partition coefficient (Wildman–Crippen LogP) is 2.24. The zero-order valence-electron chi connectivity index (χ0n) is 12.5. The van der Waals surface area contributed by atoms with Gasteiger partial charge in [0.2, 0.25) is 0 Å². The van der Waals surface area contributed by atoms with Gasteiger partial charge in [-0.15, -0.1) is 0 Å². The molecular formula is C16H23N3O. The van der Waals surface area contributed by atoms with Crippen molar-refractivity contribution in [1.29, 1.82) is 0 Å². The second-order valence-electron chi connectivity index (χ2n) is 5.29. The van der Waals surface area contributed by atoms with Gasteiger partial charge in [0.1, 0.15) is 5.75 Å². The molecule has 0 radical (unpaired) electrons. The van der Waals surface area contributed by atoms with E-state index in [0.29, 0.717) is 6.61 Å². The zero-order valence-corrected chi connectivity index (χ0v) is 12.5. The van der Waals surface area contributed by atoms with E-state index in [1.807, 2.05) is 30.9 Å². The van der Waals surface area contributed by atoms with Crippen LogP contribution in [0.1, 0.15) is 23.7 Å². The molecule has 0 aliphatic heterocycles. The van der Waals surface area contributed by atoms with E-state index in [0.717, 1.165) is 24.2 Å². The number of nitrogens with zero attached hydrogens (tertiary/aromatic N) is 2.